The Morgan fingerprint density at radius 3 is 2.91 bits per heavy atom. The van der Waals surface area contributed by atoms with Crippen molar-refractivity contribution < 1.29 is 13.9 Å². The van der Waals surface area contributed by atoms with E-state index in [-0.39, 0.29) is 17.9 Å². The molecule has 0 heterocycles. The van der Waals surface area contributed by atoms with E-state index in [1.54, 1.807) is 18.2 Å². The number of nitrogens with one attached hydrogen (secondary N) is 2. The summed E-state index contributed by atoms with van der Waals surface area (Å²) in [5.74, 6) is -0.790. The van der Waals surface area contributed by atoms with Crippen molar-refractivity contribution in [3.63, 3.8) is 0 Å². The molecule has 0 atom stereocenters. The number of carbonyl (C=O) groups excluding carboxylic acids is 1. The highest BCUT2D eigenvalue weighted by molar-refractivity contribution is 5.97. The van der Waals surface area contributed by atoms with Gasteiger partial charge in [-0.2, -0.15) is 5.26 Å². The molecule has 0 aliphatic carbocycles. The van der Waals surface area contributed by atoms with E-state index in [9.17, 15) is 9.18 Å². The summed E-state index contributed by atoms with van der Waals surface area (Å²) in [4.78, 5) is 11.8. The van der Waals surface area contributed by atoms with E-state index in [0.717, 1.165) is 0 Å². The van der Waals surface area contributed by atoms with Crippen LogP contribution in [0.5, 0.6) is 0 Å². The van der Waals surface area contributed by atoms with E-state index in [1.807, 2.05) is 13.0 Å². The molecule has 1 aromatic carbocycles. The van der Waals surface area contributed by atoms with Crippen molar-refractivity contribution in [2.24, 2.45) is 0 Å². The molecule has 1 rings (SSSR count). The summed E-state index contributed by atoms with van der Waals surface area (Å²) in [7, 11) is 0. The Morgan fingerprint density at radius 1 is 1.45 bits per heavy atom. The monoisotopic (exact) mass is 305 g/mol. The highest BCUT2D eigenvalue weighted by Gasteiger charge is 2.07. The maximum Gasteiger partial charge on any atom is 0.263 e. The van der Waals surface area contributed by atoms with Crippen LogP contribution in [0.3, 0.4) is 0 Å². The van der Waals surface area contributed by atoms with Crippen LogP contribution in [0.25, 0.3) is 0 Å². The predicted molar refractivity (Wildman–Crippen MR) is 81.1 cm³/mol. The summed E-state index contributed by atoms with van der Waals surface area (Å²) in [5.41, 5.74) is 0.418. The van der Waals surface area contributed by atoms with Crippen LogP contribution in [0, 0.1) is 17.1 Å². The van der Waals surface area contributed by atoms with Crippen molar-refractivity contribution >= 4 is 5.91 Å². The number of nitrogens with zero attached hydrogens (tertiary/aromatic N) is 1. The van der Waals surface area contributed by atoms with Gasteiger partial charge in [-0.25, -0.2) is 4.39 Å². The first-order valence-corrected chi connectivity index (χ1v) is 7.12. The topological polar surface area (TPSA) is 74.1 Å². The largest absolute Gasteiger partial charge is 0.385 e. The zero-order chi connectivity index (χ0) is 16.2. The van der Waals surface area contributed by atoms with E-state index < -0.39 is 5.91 Å². The van der Waals surface area contributed by atoms with Crippen LogP contribution >= 0.6 is 0 Å². The number of benzene rings is 1. The molecule has 0 spiro atoms. The summed E-state index contributed by atoms with van der Waals surface area (Å²) in [6.45, 7) is 3.74. The summed E-state index contributed by atoms with van der Waals surface area (Å²) in [6, 6.07) is 8.13. The molecule has 0 aliphatic heterocycles. The van der Waals surface area contributed by atoms with Crippen LogP contribution in [0.15, 0.2) is 36.0 Å². The highest BCUT2D eigenvalue weighted by atomic mass is 19.1. The molecule has 118 valence electrons. The van der Waals surface area contributed by atoms with Crippen molar-refractivity contribution in [1.82, 2.24) is 10.6 Å². The molecule has 2 N–H and O–H groups in total. The molecular weight excluding hydrogens is 285 g/mol. The molecule has 1 amide bonds. The van der Waals surface area contributed by atoms with Gasteiger partial charge in [-0.3, -0.25) is 4.79 Å². The Balaban J connectivity index is 2.41. The van der Waals surface area contributed by atoms with Crippen molar-refractivity contribution in [3.8, 4) is 6.07 Å². The first-order chi connectivity index (χ1) is 10.7. The van der Waals surface area contributed by atoms with E-state index in [2.05, 4.69) is 10.6 Å². The van der Waals surface area contributed by atoms with Gasteiger partial charge >= 0.3 is 0 Å². The highest BCUT2D eigenvalue weighted by Crippen LogP contribution is 2.05. The second-order valence-electron chi connectivity index (χ2n) is 4.45. The fourth-order valence-electron chi connectivity index (χ4n) is 1.67. The fourth-order valence-corrected chi connectivity index (χ4v) is 1.67. The lowest BCUT2D eigenvalue weighted by Crippen LogP contribution is -2.27. The SMILES string of the molecule is CCOCCCNC(=O)/C(C#N)=C\NCc1ccccc1F. The molecule has 0 saturated carbocycles. The predicted octanol–water partition coefficient (Wildman–Crippen LogP) is 1.87. The Bertz CT molecular complexity index is 553. The Morgan fingerprint density at radius 2 is 2.23 bits per heavy atom. The summed E-state index contributed by atoms with van der Waals surface area (Å²) < 4.78 is 18.6. The number of nitriles is 1. The van der Waals surface area contributed by atoms with Gasteiger partial charge in [0, 0.05) is 38.1 Å². The number of hydrogen-bond acceptors (Lipinski definition) is 4. The van der Waals surface area contributed by atoms with Crippen LogP contribution in [0.1, 0.15) is 18.9 Å². The average molecular weight is 305 g/mol. The Labute approximate surface area is 129 Å². The maximum absolute atomic E-state index is 13.4. The molecule has 5 nitrogen and oxygen atoms in total. The molecule has 0 saturated heterocycles. The molecule has 0 aliphatic rings. The van der Waals surface area contributed by atoms with Crippen LogP contribution < -0.4 is 10.6 Å². The zero-order valence-electron chi connectivity index (χ0n) is 12.6. The van der Waals surface area contributed by atoms with Gasteiger partial charge in [0.2, 0.25) is 0 Å². The van der Waals surface area contributed by atoms with E-state index >= 15 is 0 Å². The van der Waals surface area contributed by atoms with Gasteiger partial charge in [0.05, 0.1) is 0 Å². The molecule has 0 unspecified atom stereocenters. The third kappa shape index (κ3) is 6.37. The van der Waals surface area contributed by atoms with Gasteiger partial charge in [0.25, 0.3) is 5.91 Å². The molecular formula is C16H20FN3O2. The minimum Gasteiger partial charge on any atom is -0.385 e. The fraction of sp³-hybridized carbons (Fsp3) is 0.375. The van der Waals surface area contributed by atoms with E-state index in [4.69, 9.17) is 10.00 Å². The van der Waals surface area contributed by atoms with Gasteiger partial charge in [0.1, 0.15) is 17.5 Å². The normalized spacial score (nSPS) is 10.9. The molecule has 22 heavy (non-hydrogen) atoms. The van der Waals surface area contributed by atoms with E-state index in [0.29, 0.717) is 31.7 Å². The first-order valence-electron chi connectivity index (χ1n) is 7.12. The lowest BCUT2D eigenvalue weighted by Gasteiger charge is -2.06. The zero-order valence-corrected chi connectivity index (χ0v) is 12.6. The Kier molecular flexibility index (Phi) is 8.31. The minimum atomic E-state index is -0.458. The molecule has 0 radical (unpaired) electrons. The number of carbonyl (C=O) groups is 1. The molecule has 0 bridgehead atoms. The third-order valence-corrected chi connectivity index (χ3v) is 2.82. The van der Waals surface area contributed by atoms with Crippen LogP contribution in [0.2, 0.25) is 0 Å². The van der Waals surface area contributed by atoms with Crippen molar-refractivity contribution in [2.45, 2.75) is 19.9 Å². The first kappa shape index (κ1) is 17.7. The summed E-state index contributed by atoms with van der Waals surface area (Å²) in [5, 5.41) is 14.4. The van der Waals surface area contributed by atoms with Crippen LogP contribution in [-0.4, -0.2) is 25.7 Å². The second kappa shape index (κ2) is 10.4. The summed E-state index contributed by atoms with van der Waals surface area (Å²) >= 11 is 0. The Hall–Kier alpha value is -2.39. The molecule has 0 fully saturated rings. The number of rotatable bonds is 9. The standard InChI is InChI=1S/C16H20FN3O2/c1-2-22-9-5-8-20-16(21)14(10-18)12-19-11-13-6-3-4-7-15(13)17/h3-4,6-7,12,19H,2,5,8-9,11H2,1H3,(H,20,21)/b14-12-. The molecule has 1 aromatic rings. The number of halogens is 1. The lowest BCUT2D eigenvalue weighted by molar-refractivity contribution is -0.117. The second-order valence-corrected chi connectivity index (χ2v) is 4.45. The third-order valence-electron chi connectivity index (χ3n) is 2.82. The molecule has 6 heteroatoms. The van der Waals surface area contributed by atoms with Gasteiger partial charge in [0.15, 0.2) is 0 Å². The van der Waals surface area contributed by atoms with Crippen molar-refractivity contribution in [1.29, 1.82) is 5.26 Å². The van der Waals surface area contributed by atoms with Crippen molar-refractivity contribution in [3.05, 3.63) is 47.4 Å². The number of hydrogen-bond donors (Lipinski definition) is 2. The smallest absolute Gasteiger partial charge is 0.263 e. The summed E-state index contributed by atoms with van der Waals surface area (Å²) in [6.07, 6.45) is 1.98. The average Bonchev–Trinajstić information content (AvgIpc) is 2.53. The number of amides is 1. The van der Waals surface area contributed by atoms with Gasteiger partial charge < -0.3 is 15.4 Å². The van der Waals surface area contributed by atoms with Gasteiger partial charge in [-0.15, -0.1) is 0 Å². The maximum atomic E-state index is 13.4. The minimum absolute atomic E-state index is 0.0484. The number of ether oxygens (including phenoxy) is 1. The quantitative estimate of drug-likeness (QED) is 0.415. The van der Waals surface area contributed by atoms with Crippen LogP contribution in [-0.2, 0) is 16.1 Å². The van der Waals surface area contributed by atoms with E-state index in [1.165, 1.54) is 12.3 Å². The van der Waals surface area contributed by atoms with Crippen LogP contribution in [0.4, 0.5) is 4.39 Å². The van der Waals surface area contributed by atoms with Gasteiger partial charge in [-0.1, -0.05) is 18.2 Å². The molecule has 0 aromatic heterocycles. The van der Waals surface area contributed by atoms with Gasteiger partial charge in [-0.05, 0) is 19.4 Å². The van der Waals surface area contributed by atoms with Crippen molar-refractivity contribution in [2.75, 3.05) is 19.8 Å². The lowest BCUT2D eigenvalue weighted by atomic mass is 10.2.